The molecule has 0 aliphatic carbocycles. The van der Waals surface area contributed by atoms with E-state index in [1.54, 1.807) is 13.2 Å². The molecule has 2 aliphatic heterocycles. The summed E-state index contributed by atoms with van der Waals surface area (Å²) in [6, 6.07) is 8.33. The fourth-order valence-corrected chi connectivity index (χ4v) is 4.44. The van der Waals surface area contributed by atoms with E-state index in [2.05, 4.69) is 54.5 Å². The number of nitrogens with zero attached hydrogens (tertiary/aromatic N) is 5. The van der Waals surface area contributed by atoms with Crippen molar-refractivity contribution in [2.75, 3.05) is 43.0 Å². The number of guanidine groups is 1. The van der Waals surface area contributed by atoms with Gasteiger partial charge in [-0.2, -0.15) is 0 Å². The summed E-state index contributed by atoms with van der Waals surface area (Å²) in [6.07, 6.45) is 7.26. The van der Waals surface area contributed by atoms with Crippen LogP contribution < -0.4 is 20.4 Å². The fourth-order valence-electron chi connectivity index (χ4n) is 4.20. The van der Waals surface area contributed by atoms with Crippen molar-refractivity contribution in [1.29, 1.82) is 0 Å². The molecule has 31 heavy (non-hydrogen) atoms. The maximum absolute atomic E-state index is 6.30. The van der Waals surface area contributed by atoms with Gasteiger partial charge in [-0.25, -0.2) is 9.97 Å². The van der Waals surface area contributed by atoms with Gasteiger partial charge in [0.1, 0.15) is 11.6 Å². The van der Waals surface area contributed by atoms with Crippen LogP contribution in [0.1, 0.15) is 31.7 Å². The Kier molecular flexibility index (Phi) is 7.12. The quantitative estimate of drug-likeness (QED) is 0.548. The Morgan fingerprint density at radius 3 is 2.65 bits per heavy atom. The topological polar surface area (TPSA) is 68.7 Å². The minimum absolute atomic E-state index is 0.297. The van der Waals surface area contributed by atoms with Crippen molar-refractivity contribution in [3.63, 3.8) is 0 Å². The van der Waals surface area contributed by atoms with Gasteiger partial charge in [0.15, 0.2) is 5.96 Å². The first-order chi connectivity index (χ1) is 15.1. The Hall–Kier alpha value is -2.54. The Balaban J connectivity index is 1.26. The molecule has 2 aliphatic rings. The average Bonchev–Trinajstić information content (AvgIpc) is 3.26. The molecule has 0 aromatic carbocycles. The molecule has 166 valence electrons. The number of hydrogen-bond donors (Lipinski definition) is 2. The van der Waals surface area contributed by atoms with Gasteiger partial charge in [0.25, 0.3) is 0 Å². The predicted molar refractivity (Wildman–Crippen MR) is 128 cm³/mol. The van der Waals surface area contributed by atoms with Gasteiger partial charge in [0.05, 0.1) is 5.02 Å². The molecule has 2 fully saturated rings. The van der Waals surface area contributed by atoms with Crippen LogP contribution in [0.5, 0.6) is 0 Å². The highest BCUT2D eigenvalue weighted by Crippen LogP contribution is 2.26. The van der Waals surface area contributed by atoms with E-state index in [0.29, 0.717) is 17.6 Å². The van der Waals surface area contributed by atoms with E-state index in [0.717, 1.165) is 61.7 Å². The molecule has 2 aromatic rings. The molecule has 0 saturated carbocycles. The summed E-state index contributed by atoms with van der Waals surface area (Å²) >= 11 is 6.30. The summed E-state index contributed by atoms with van der Waals surface area (Å²) in [5, 5.41) is 7.62. The summed E-state index contributed by atoms with van der Waals surface area (Å²) in [5.41, 5.74) is 1.14. The lowest BCUT2D eigenvalue weighted by Gasteiger charge is -2.31. The molecule has 8 heteroatoms. The monoisotopic (exact) mass is 441 g/mol. The van der Waals surface area contributed by atoms with Crippen LogP contribution in [0.3, 0.4) is 0 Å². The van der Waals surface area contributed by atoms with Crippen molar-refractivity contribution in [3.8, 4) is 0 Å². The number of piperidine rings is 1. The van der Waals surface area contributed by atoms with Crippen molar-refractivity contribution in [3.05, 3.63) is 47.2 Å². The van der Waals surface area contributed by atoms with Crippen LogP contribution in [-0.2, 0) is 6.54 Å². The van der Waals surface area contributed by atoms with Crippen molar-refractivity contribution in [1.82, 2.24) is 20.6 Å². The van der Waals surface area contributed by atoms with Gasteiger partial charge in [0.2, 0.25) is 0 Å². The third-order valence-corrected chi connectivity index (χ3v) is 6.46. The van der Waals surface area contributed by atoms with Gasteiger partial charge in [0, 0.05) is 58.2 Å². The summed E-state index contributed by atoms with van der Waals surface area (Å²) < 4.78 is 0. The largest absolute Gasteiger partial charge is 0.357 e. The van der Waals surface area contributed by atoms with E-state index in [1.807, 2.05) is 18.3 Å². The van der Waals surface area contributed by atoms with Crippen LogP contribution in [-0.4, -0.2) is 55.2 Å². The fraction of sp³-hybridized carbons (Fsp3) is 0.522. The van der Waals surface area contributed by atoms with Gasteiger partial charge >= 0.3 is 0 Å². The van der Waals surface area contributed by atoms with Crippen molar-refractivity contribution >= 4 is 29.2 Å². The number of hydrogen-bond acceptors (Lipinski definition) is 5. The number of aromatic nitrogens is 2. The molecule has 1 unspecified atom stereocenters. The number of pyridine rings is 2. The SMILES string of the molecule is CN=C(NCc1ccc(N2CCC(C)CC2)nc1)NC1CCN(c2ncccc2Cl)C1. The van der Waals surface area contributed by atoms with E-state index in [1.165, 1.54) is 12.8 Å². The third kappa shape index (κ3) is 5.58. The number of nitrogens with one attached hydrogen (secondary N) is 2. The summed E-state index contributed by atoms with van der Waals surface area (Å²) in [5.74, 6) is 3.56. The van der Waals surface area contributed by atoms with E-state index < -0.39 is 0 Å². The van der Waals surface area contributed by atoms with Crippen LogP contribution in [0.15, 0.2) is 41.7 Å². The first-order valence-corrected chi connectivity index (χ1v) is 11.5. The molecule has 0 amide bonds. The standard InChI is InChI=1S/C23H32ClN7/c1-17-7-11-30(12-8-17)21-6-5-18(14-27-21)15-28-23(25-2)29-19-9-13-31(16-19)22-20(24)4-3-10-26-22/h3-6,10,14,17,19H,7-9,11-13,15-16H2,1-2H3,(H2,25,28,29). The summed E-state index contributed by atoms with van der Waals surface area (Å²) in [6.45, 7) is 6.99. The molecule has 4 heterocycles. The molecule has 0 radical (unpaired) electrons. The highest BCUT2D eigenvalue weighted by molar-refractivity contribution is 6.32. The van der Waals surface area contributed by atoms with Crippen molar-refractivity contribution < 1.29 is 0 Å². The molecule has 0 spiro atoms. The van der Waals surface area contributed by atoms with E-state index >= 15 is 0 Å². The molecule has 0 bridgehead atoms. The zero-order valence-electron chi connectivity index (χ0n) is 18.4. The highest BCUT2D eigenvalue weighted by atomic mass is 35.5. The van der Waals surface area contributed by atoms with Crippen molar-refractivity contribution in [2.45, 2.75) is 38.8 Å². The molecular formula is C23H32ClN7. The molecule has 2 aromatic heterocycles. The van der Waals surface area contributed by atoms with E-state index in [9.17, 15) is 0 Å². The van der Waals surface area contributed by atoms with Gasteiger partial charge in [-0.05, 0) is 48.9 Å². The van der Waals surface area contributed by atoms with E-state index in [4.69, 9.17) is 11.6 Å². The predicted octanol–water partition coefficient (Wildman–Crippen LogP) is 3.31. The van der Waals surface area contributed by atoms with Crippen molar-refractivity contribution in [2.24, 2.45) is 10.9 Å². The number of anilines is 2. The number of rotatable bonds is 5. The third-order valence-electron chi connectivity index (χ3n) is 6.17. The second kappa shape index (κ2) is 10.2. The minimum atomic E-state index is 0.297. The van der Waals surface area contributed by atoms with Gasteiger partial charge < -0.3 is 20.4 Å². The zero-order valence-corrected chi connectivity index (χ0v) is 19.1. The van der Waals surface area contributed by atoms with Crippen LogP contribution in [0.2, 0.25) is 5.02 Å². The Morgan fingerprint density at radius 1 is 1.13 bits per heavy atom. The molecule has 2 N–H and O–H groups in total. The second-order valence-electron chi connectivity index (χ2n) is 8.50. The van der Waals surface area contributed by atoms with Crippen LogP contribution in [0.25, 0.3) is 0 Å². The van der Waals surface area contributed by atoms with Crippen LogP contribution in [0, 0.1) is 5.92 Å². The first kappa shape index (κ1) is 21.7. The Labute approximate surface area is 189 Å². The average molecular weight is 442 g/mol. The second-order valence-corrected chi connectivity index (χ2v) is 8.91. The highest BCUT2D eigenvalue weighted by Gasteiger charge is 2.25. The Morgan fingerprint density at radius 2 is 1.94 bits per heavy atom. The molecule has 1 atom stereocenters. The molecule has 2 saturated heterocycles. The Bertz CT molecular complexity index is 878. The maximum atomic E-state index is 6.30. The smallest absolute Gasteiger partial charge is 0.191 e. The zero-order chi connectivity index (χ0) is 21.6. The first-order valence-electron chi connectivity index (χ1n) is 11.1. The van der Waals surface area contributed by atoms with Gasteiger partial charge in [-0.1, -0.05) is 24.6 Å². The molecular weight excluding hydrogens is 410 g/mol. The summed E-state index contributed by atoms with van der Waals surface area (Å²) in [4.78, 5) is 18.1. The minimum Gasteiger partial charge on any atom is -0.357 e. The number of halogens is 1. The lowest BCUT2D eigenvalue weighted by atomic mass is 9.99. The van der Waals surface area contributed by atoms with E-state index in [-0.39, 0.29) is 0 Å². The van der Waals surface area contributed by atoms with Gasteiger partial charge in [-0.15, -0.1) is 0 Å². The van der Waals surface area contributed by atoms with Gasteiger partial charge in [-0.3, -0.25) is 4.99 Å². The lowest BCUT2D eigenvalue weighted by Crippen LogP contribution is -2.44. The van der Waals surface area contributed by atoms with Crippen LogP contribution >= 0.6 is 11.6 Å². The molecule has 4 rings (SSSR count). The molecule has 7 nitrogen and oxygen atoms in total. The normalized spacial score (nSPS) is 20.2. The summed E-state index contributed by atoms with van der Waals surface area (Å²) in [7, 11) is 1.80. The maximum Gasteiger partial charge on any atom is 0.191 e. The lowest BCUT2D eigenvalue weighted by molar-refractivity contribution is 0.436. The van der Waals surface area contributed by atoms with Crippen LogP contribution in [0.4, 0.5) is 11.6 Å². The number of aliphatic imine (C=N–C) groups is 1.